The van der Waals surface area contributed by atoms with Crippen molar-refractivity contribution in [3.8, 4) is 6.07 Å². The minimum absolute atomic E-state index is 0.0626. The summed E-state index contributed by atoms with van der Waals surface area (Å²) in [5.74, 6) is -2.02. The van der Waals surface area contributed by atoms with Crippen LogP contribution in [-0.2, 0) is 11.4 Å². The average molecular weight is 391 g/mol. The number of aliphatic carboxylic acids is 1. The third kappa shape index (κ3) is 3.94. The predicted octanol–water partition coefficient (Wildman–Crippen LogP) is 1.62. The molecule has 0 saturated carbocycles. The number of hydrogen-bond donors (Lipinski definition) is 2. The number of carbonyl (C=O) groups excluding carboxylic acids is 1. The topological polar surface area (TPSA) is 121 Å². The second kappa shape index (κ2) is 8.27. The zero-order valence-electron chi connectivity index (χ0n) is 15.5. The van der Waals surface area contributed by atoms with Crippen LogP contribution in [0, 0.1) is 18.3 Å². The van der Waals surface area contributed by atoms with Crippen molar-refractivity contribution in [3.63, 3.8) is 0 Å². The van der Waals surface area contributed by atoms with Gasteiger partial charge in [-0.1, -0.05) is 36.4 Å². The normalized spacial score (nSPS) is 10.3. The van der Waals surface area contributed by atoms with E-state index in [1.807, 2.05) is 0 Å². The summed E-state index contributed by atoms with van der Waals surface area (Å²) in [4.78, 5) is 42.0. The lowest BCUT2D eigenvalue weighted by molar-refractivity contribution is -0.135. The number of carboxylic acids is 1. The van der Waals surface area contributed by atoms with E-state index in [0.717, 1.165) is 4.73 Å². The lowest BCUT2D eigenvalue weighted by Crippen LogP contribution is -2.38. The minimum Gasteiger partial charge on any atom is -0.480 e. The van der Waals surface area contributed by atoms with Crippen molar-refractivity contribution < 1.29 is 19.5 Å². The summed E-state index contributed by atoms with van der Waals surface area (Å²) in [6.07, 6.45) is 0. The maximum atomic E-state index is 13.0. The van der Waals surface area contributed by atoms with E-state index in [1.54, 1.807) is 55.5 Å². The zero-order valence-corrected chi connectivity index (χ0v) is 15.5. The van der Waals surface area contributed by atoms with Crippen LogP contribution < -0.4 is 15.7 Å². The zero-order chi connectivity index (χ0) is 21.0. The molecule has 1 amide bonds. The largest absolute Gasteiger partial charge is 0.480 e. The molecule has 0 atom stereocenters. The van der Waals surface area contributed by atoms with E-state index < -0.39 is 24.0 Å². The molecule has 0 bridgehead atoms. The smallest absolute Gasteiger partial charge is 0.322 e. The van der Waals surface area contributed by atoms with Crippen LogP contribution in [0.25, 0.3) is 10.9 Å². The molecule has 0 aliphatic rings. The van der Waals surface area contributed by atoms with Crippen LogP contribution >= 0.6 is 0 Å². The van der Waals surface area contributed by atoms with Gasteiger partial charge < -0.3 is 15.3 Å². The first-order valence-electron chi connectivity index (χ1n) is 8.69. The number of nitrogens with zero attached hydrogens (tertiary/aromatic N) is 2. The first-order valence-corrected chi connectivity index (χ1v) is 8.69. The molecule has 8 heteroatoms. The second-order valence-electron chi connectivity index (χ2n) is 6.24. The molecule has 2 aromatic carbocycles. The average Bonchev–Trinajstić information content (AvgIpc) is 2.72. The third-order valence-corrected chi connectivity index (χ3v) is 4.41. The van der Waals surface area contributed by atoms with Gasteiger partial charge in [0, 0.05) is 10.9 Å². The van der Waals surface area contributed by atoms with E-state index in [9.17, 15) is 19.6 Å². The highest BCUT2D eigenvalue weighted by atomic mass is 16.7. The summed E-state index contributed by atoms with van der Waals surface area (Å²) in [5, 5.41) is 20.8. The highest BCUT2D eigenvalue weighted by Crippen LogP contribution is 2.19. The van der Waals surface area contributed by atoms with Crippen LogP contribution in [-0.4, -0.2) is 28.3 Å². The lowest BCUT2D eigenvalue weighted by Gasteiger charge is -2.16. The van der Waals surface area contributed by atoms with Crippen LogP contribution in [0.15, 0.2) is 53.3 Å². The lowest BCUT2D eigenvalue weighted by atomic mass is 10.0. The number of benzene rings is 2. The number of nitriles is 1. The number of pyridine rings is 1. The summed E-state index contributed by atoms with van der Waals surface area (Å²) in [5.41, 5.74) is 0.974. The van der Waals surface area contributed by atoms with Crippen molar-refractivity contribution in [1.29, 1.82) is 5.26 Å². The number of para-hydroxylation sites is 1. The molecule has 29 heavy (non-hydrogen) atoms. The van der Waals surface area contributed by atoms with Crippen LogP contribution in [0.4, 0.5) is 0 Å². The van der Waals surface area contributed by atoms with Crippen LogP contribution in [0.1, 0.15) is 27.0 Å². The summed E-state index contributed by atoms with van der Waals surface area (Å²) in [7, 11) is 0. The molecule has 3 aromatic rings. The molecule has 0 spiro atoms. The Morgan fingerprint density at radius 3 is 2.59 bits per heavy atom. The van der Waals surface area contributed by atoms with Gasteiger partial charge in [-0.2, -0.15) is 5.26 Å². The highest BCUT2D eigenvalue weighted by Gasteiger charge is 2.21. The van der Waals surface area contributed by atoms with Gasteiger partial charge in [-0.25, -0.2) is 0 Å². The molecular formula is C21H17N3O5. The Kier molecular flexibility index (Phi) is 5.60. The molecular weight excluding hydrogens is 374 g/mol. The Balaban J connectivity index is 2.08. The second-order valence-corrected chi connectivity index (χ2v) is 6.24. The molecule has 146 valence electrons. The summed E-state index contributed by atoms with van der Waals surface area (Å²) >= 11 is 0. The maximum Gasteiger partial charge on any atom is 0.322 e. The number of carboxylic acid groups (broad SMARTS) is 1. The van der Waals surface area contributed by atoms with E-state index >= 15 is 0 Å². The van der Waals surface area contributed by atoms with Crippen molar-refractivity contribution in [2.24, 2.45) is 0 Å². The van der Waals surface area contributed by atoms with Gasteiger partial charge in [0.05, 0.1) is 17.1 Å². The molecule has 1 aromatic heterocycles. The number of nitrogens with one attached hydrogen (secondary N) is 1. The Bertz CT molecular complexity index is 1210. The summed E-state index contributed by atoms with van der Waals surface area (Å²) < 4.78 is 1.01. The molecule has 0 saturated heterocycles. The fourth-order valence-electron chi connectivity index (χ4n) is 3.00. The van der Waals surface area contributed by atoms with Gasteiger partial charge in [-0.05, 0) is 24.6 Å². The van der Waals surface area contributed by atoms with Crippen molar-refractivity contribution >= 4 is 22.8 Å². The summed E-state index contributed by atoms with van der Waals surface area (Å²) in [6.45, 7) is 0.947. The third-order valence-electron chi connectivity index (χ3n) is 4.41. The fourth-order valence-corrected chi connectivity index (χ4v) is 3.00. The predicted molar refractivity (Wildman–Crippen MR) is 104 cm³/mol. The quantitative estimate of drug-likeness (QED) is 0.659. The molecule has 0 radical (unpaired) electrons. The number of carbonyl (C=O) groups is 2. The van der Waals surface area contributed by atoms with E-state index in [2.05, 4.69) is 11.4 Å². The molecule has 8 nitrogen and oxygen atoms in total. The Morgan fingerprint density at radius 1 is 1.17 bits per heavy atom. The van der Waals surface area contributed by atoms with Crippen molar-refractivity contribution in [2.45, 2.75) is 13.5 Å². The number of fused-ring (bicyclic) bond motifs is 1. The minimum atomic E-state index is -1.22. The van der Waals surface area contributed by atoms with Crippen molar-refractivity contribution in [1.82, 2.24) is 10.0 Å². The molecule has 3 rings (SSSR count). The van der Waals surface area contributed by atoms with Gasteiger partial charge in [0.15, 0.2) is 0 Å². The molecule has 2 N–H and O–H groups in total. The van der Waals surface area contributed by atoms with E-state index in [-0.39, 0.29) is 12.2 Å². The van der Waals surface area contributed by atoms with Crippen molar-refractivity contribution in [3.05, 3.63) is 81.1 Å². The molecule has 0 fully saturated rings. The maximum absolute atomic E-state index is 13.0. The van der Waals surface area contributed by atoms with Crippen LogP contribution in [0.5, 0.6) is 0 Å². The van der Waals surface area contributed by atoms with Gasteiger partial charge in [0.2, 0.25) is 0 Å². The van der Waals surface area contributed by atoms with Gasteiger partial charge in [-0.3, -0.25) is 14.4 Å². The number of aromatic nitrogens is 1. The highest BCUT2D eigenvalue weighted by molar-refractivity contribution is 6.00. The number of amides is 1. The molecule has 1 heterocycles. The van der Waals surface area contributed by atoms with Gasteiger partial charge in [0.1, 0.15) is 18.7 Å². The first kappa shape index (κ1) is 19.6. The van der Waals surface area contributed by atoms with E-state index in [0.29, 0.717) is 27.6 Å². The van der Waals surface area contributed by atoms with Gasteiger partial charge in [-0.15, -0.1) is 4.73 Å². The number of hydrogen-bond acceptors (Lipinski definition) is 5. The Morgan fingerprint density at radius 2 is 1.86 bits per heavy atom. The Hall–Kier alpha value is -4.12. The van der Waals surface area contributed by atoms with E-state index in [1.165, 1.54) is 0 Å². The SMILES string of the molecule is Cc1c(C(=O)NCC(=O)O)c(=O)n(OCc2ccccc2C#N)c2ccccc12. The molecule has 0 aliphatic carbocycles. The summed E-state index contributed by atoms with van der Waals surface area (Å²) in [6, 6.07) is 15.8. The fraction of sp³-hybridized carbons (Fsp3) is 0.143. The van der Waals surface area contributed by atoms with Crippen LogP contribution in [0.3, 0.4) is 0 Å². The van der Waals surface area contributed by atoms with E-state index in [4.69, 9.17) is 9.94 Å². The standard InChI is InChI=1S/C21H17N3O5/c1-13-16-8-4-5-9-17(16)24(21(28)19(13)20(27)23-11-18(25)26)29-12-15-7-3-2-6-14(15)10-22/h2-9H,11-12H2,1H3,(H,23,27)(H,25,26). The van der Waals surface area contributed by atoms with Gasteiger partial charge >= 0.3 is 5.97 Å². The molecule has 0 aliphatic heterocycles. The van der Waals surface area contributed by atoms with Crippen molar-refractivity contribution in [2.75, 3.05) is 6.54 Å². The Labute approximate surface area is 165 Å². The molecule has 0 unspecified atom stereocenters. The van der Waals surface area contributed by atoms with Crippen LogP contribution in [0.2, 0.25) is 0 Å². The van der Waals surface area contributed by atoms with Gasteiger partial charge in [0.25, 0.3) is 11.5 Å². The number of aryl methyl sites for hydroxylation is 1. The number of rotatable bonds is 6. The monoisotopic (exact) mass is 391 g/mol. The first-order chi connectivity index (χ1) is 13.9.